The van der Waals surface area contributed by atoms with Gasteiger partial charge < -0.3 is 14.8 Å². The minimum Gasteiger partial charge on any atom is -0.463 e. The highest BCUT2D eigenvalue weighted by Gasteiger charge is 2.21. The SMILES string of the molecule is CCOC(=O)/C(=C\[C@H](CC(C)C)NC(=O)OC(C)(C)C)CC(C)C. The Morgan fingerprint density at radius 3 is 2.08 bits per heavy atom. The summed E-state index contributed by atoms with van der Waals surface area (Å²) in [6.07, 6.45) is 2.68. The summed E-state index contributed by atoms with van der Waals surface area (Å²) < 4.78 is 10.5. The Balaban J connectivity index is 5.28. The minimum atomic E-state index is -0.557. The summed E-state index contributed by atoms with van der Waals surface area (Å²) in [6.45, 7) is 15.8. The standard InChI is InChI=1S/C19H35NO4/c1-9-23-17(21)15(10-13(2)3)12-16(11-14(4)5)20-18(22)24-19(6,7)8/h12-14,16H,9-11H2,1-8H3,(H,20,22)/b15-12-/t16-/m0/s1. The van der Waals surface area contributed by atoms with Gasteiger partial charge in [0.15, 0.2) is 0 Å². The zero-order chi connectivity index (χ0) is 18.9. The molecule has 0 saturated carbocycles. The van der Waals surface area contributed by atoms with Gasteiger partial charge in [0, 0.05) is 5.57 Å². The Bertz CT molecular complexity index is 433. The van der Waals surface area contributed by atoms with Gasteiger partial charge >= 0.3 is 12.1 Å². The van der Waals surface area contributed by atoms with E-state index in [1.165, 1.54) is 0 Å². The Hall–Kier alpha value is -1.52. The van der Waals surface area contributed by atoms with E-state index in [0.717, 1.165) is 6.42 Å². The number of hydrogen-bond acceptors (Lipinski definition) is 4. The fourth-order valence-corrected chi connectivity index (χ4v) is 2.26. The van der Waals surface area contributed by atoms with Crippen molar-refractivity contribution in [3.8, 4) is 0 Å². The molecule has 0 aliphatic carbocycles. The molecule has 0 bridgehead atoms. The summed E-state index contributed by atoms with van der Waals surface area (Å²) in [5, 5.41) is 2.86. The van der Waals surface area contributed by atoms with E-state index < -0.39 is 11.7 Å². The second kappa shape index (κ2) is 10.4. The molecule has 0 rings (SSSR count). The number of hydrogen-bond donors (Lipinski definition) is 1. The van der Waals surface area contributed by atoms with Gasteiger partial charge in [-0.25, -0.2) is 9.59 Å². The molecule has 0 aliphatic rings. The maximum absolute atomic E-state index is 12.2. The second-order valence-electron chi connectivity index (χ2n) is 7.89. The lowest BCUT2D eigenvalue weighted by Crippen LogP contribution is -2.39. The Morgan fingerprint density at radius 1 is 1.08 bits per heavy atom. The zero-order valence-electron chi connectivity index (χ0n) is 16.6. The van der Waals surface area contributed by atoms with Crippen LogP contribution < -0.4 is 5.32 Å². The van der Waals surface area contributed by atoms with Crippen molar-refractivity contribution in [2.24, 2.45) is 11.8 Å². The fraction of sp³-hybridized carbons (Fsp3) is 0.789. The first-order valence-electron chi connectivity index (χ1n) is 8.81. The number of ether oxygens (including phenoxy) is 2. The molecule has 1 amide bonds. The molecule has 0 unspecified atom stereocenters. The number of nitrogens with one attached hydrogen (secondary N) is 1. The van der Waals surface area contributed by atoms with Crippen molar-refractivity contribution in [2.45, 2.75) is 79.9 Å². The summed E-state index contributed by atoms with van der Waals surface area (Å²) in [5.41, 5.74) is 0.0477. The molecule has 5 nitrogen and oxygen atoms in total. The first-order chi connectivity index (χ1) is 10.9. The maximum atomic E-state index is 12.2. The van der Waals surface area contributed by atoms with Gasteiger partial charge in [-0.2, -0.15) is 0 Å². The van der Waals surface area contributed by atoms with Gasteiger partial charge in [0.05, 0.1) is 12.6 Å². The van der Waals surface area contributed by atoms with E-state index >= 15 is 0 Å². The topological polar surface area (TPSA) is 64.6 Å². The molecule has 0 aromatic heterocycles. The largest absolute Gasteiger partial charge is 0.463 e. The van der Waals surface area contributed by atoms with Crippen LogP contribution in [0.1, 0.15) is 68.2 Å². The molecule has 0 radical (unpaired) electrons. The average molecular weight is 341 g/mol. The van der Waals surface area contributed by atoms with Gasteiger partial charge in [-0.3, -0.25) is 0 Å². The molecule has 1 N–H and O–H groups in total. The van der Waals surface area contributed by atoms with Gasteiger partial charge in [-0.05, 0) is 52.4 Å². The molecular formula is C19H35NO4. The molecule has 0 aromatic carbocycles. The third kappa shape index (κ3) is 11.1. The molecule has 0 spiro atoms. The van der Waals surface area contributed by atoms with E-state index in [1.807, 2.05) is 40.7 Å². The highest BCUT2D eigenvalue weighted by Crippen LogP contribution is 2.17. The molecule has 0 saturated heterocycles. The molecule has 0 aliphatic heterocycles. The van der Waals surface area contributed by atoms with Crippen LogP contribution in [0.5, 0.6) is 0 Å². The number of esters is 1. The maximum Gasteiger partial charge on any atom is 0.408 e. The van der Waals surface area contributed by atoms with Crippen LogP contribution in [0.2, 0.25) is 0 Å². The molecule has 0 aromatic rings. The van der Waals surface area contributed by atoms with Crippen LogP contribution >= 0.6 is 0 Å². The predicted octanol–water partition coefficient (Wildman–Crippen LogP) is 4.46. The van der Waals surface area contributed by atoms with Crippen LogP contribution in [-0.4, -0.2) is 30.3 Å². The molecule has 5 heteroatoms. The average Bonchev–Trinajstić information content (AvgIpc) is 2.34. The highest BCUT2D eigenvalue weighted by atomic mass is 16.6. The van der Waals surface area contributed by atoms with Crippen molar-refractivity contribution < 1.29 is 19.1 Å². The molecule has 24 heavy (non-hydrogen) atoms. The van der Waals surface area contributed by atoms with Gasteiger partial charge in [-0.1, -0.05) is 33.8 Å². The minimum absolute atomic E-state index is 0.266. The van der Waals surface area contributed by atoms with Gasteiger partial charge in [0.25, 0.3) is 0 Å². The molecule has 1 atom stereocenters. The Morgan fingerprint density at radius 2 is 1.67 bits per heavy atom. The van der Waals surface area contributed by atoms with E-state index in [4.69, 9.17) is 9.47 Å². The Labute approximate surface area is 147 Å². The van der Waals surface area contributed by atoms with Gasteiger partial charge in [0.2, 0.25) is 0 Å². The van der Waals surface area contributed by atoms with Crippen LogP contribution in [0.25, 0.3) is 0 Å². The summed E-state index contributed by atoms with van der Waals surface area (Å²) >= 11 is 0. The summed E-state index contributed by atoms with van der Waals surface area (Å²) in [7, 11) is 0. The monoisotopic (exact) mass is 341 g/mol. The number of alkyl carbamates (subject to hydrolysis) is 1. The normalized spacial score (nSPS) is 13.8. The lowest BCUT2D eigenvalue weighted by atomic mass is 9.97. The summed E-state index contributed by atoms with van der Waals surface area (Å²) in [6, 6.07) is -0.266. The quantitative estimate of drug-likeness (QED) is 0.523. The van der Waals surface area contributed by atoms with Crippen molar-refractivity contribution >= 4 is 12.1 Å². The van der Waals surface area contributed by atoms with Crippen molar-refractivity contribution in [3.63, 3.8) is 0 Å². The molecule has 140 valence electrons. The van der Waals surface area contributed by atoms with E-state index in [1.54, 1.807) is 6.92 Å². The number of carbonyl (C=O) groups excluding carboxylic acids is 2. The van der Waals surface area contributed by atoms with Crippen LogP contribution in [0.4, 0.5) is 4.79 Å². The second-order valence-corrected chi connectivity index (χ2v) is 7.89. The number of carbonyl (C=O) groups is 2. The first-order valence-corrected chi connectivity index (χ1v) is 8.81. The predicted molar refractivity (Wildman–Crippen MR) is 96.8 cm³/mol. The molecular weight excluding hydrogens is 306 g/mol. The van der Waals surface area contributed by atoms with Gasteiger partial charge in [-0.15, -0.1) is 0 Å². The third-order valence-corrected chi connectivity index (χ3v) is 3.00. The summed E-state index contributed by atoms with van der Waals surface area (Å²) in [5.74, 6) is 0.372. The van der Waals surface area contributed by atoms with E-state index in [2.05, 4.69) is 19.2 Å². The van der Waals surface area contributed by atoms with Crippen LogP contribution in [0.3, 0.4) is 0 Å². The lowest BCUT2D eigenvalue weighted by Gasteiger charge is -2.24. The van der Waals surface area contributed by atoms with Crippen molar-refractivity contribution in [1.82, 2.24) is 5.32 Å². The Kier molecular flexibility index (Phi) is 9.71. The third-order valence-electron chi connectivity index (χ3n) is 3.00. The first kappa shape index (κ1) is 22.5. The van der Waals surface area contributed by atoms with Crippen molar-refractivity contribution in [2.75, 3.05) is 6.61 Å². The number of amides is 1. The van der Waals surface area contributed by atoms with Crippen LogP contribution in [0, 0.1) is 11.8 Å². The fourth-order valence-electron chi connectivity index (χ4n) is 2.26. The van der Waals surface area contributed by atoms with Crippen LogP contribution in [0.15, 0.2) is 11.6 Å². The van der Waals surface area contributed by atoms with Crippen molar-refractivity contribution in [1.29, 1.82) is 0 Å². The van der Waals surface area contributed by atoms with Gasteiger partial charge in [0.1, 0.15) is 5.60 Å². The highest BCUT2D eigenvalue weighted by molar-refractivity contribution is 5.88. The van der Waals surface area contributed by atoms with E-state index in [9.17, 15) is 9.59 Å². The summed E-state index contributed by atoms with van der Waals surface area (Å²) in [4.78, 5) is 24.3. The van der Waals surface area contributed by atoms with Crippen LogP contribution in [-0.2, 0) is 14.3 Å². The smallest absolute Gasteiger partial charge is 0.408 e. The van der Waals surface area contributed by atoms with E-state index in [-0.39, 0.29) is 12.0 Å². The van der Waals surface area contributed by atoms with Crippen molar-refractivity contribution in [3.05, 3.63) is 11.6 Å². The molecule has 0 fully saturated rings. The number of rotatable bonds is 8. The van der Waals surface area contributed by atoms with E-state index in [0.29, 0.717) is 30.4 Å². The zero-order valence-corrected chi connectivity index (χ0v) is 16.6. The molecule has 0 heterocycles. The lowest BCUT2D eigenvalue weighted by molar-refractivity contribution is -0.138.